The van der Waals surface area contributed by atoms with Crippen molar-refractivity contribution in [2.24, 2.45) is 0 Å². The maximum Gasteiger partial charge on any atom is 0.136 e. The van der Waals surface area contributed by atoms with Crippen LogP contribution >= 0.6 is 0 Å². The molecule has 0 aliphatic heterocycles. The molecule has 5 nitrogen and oxygen atoms in total. The molecule has 0 fully saturated rings. The van der Waals surface area contributed by atoms with Crippen LogP contribution in [0.5, 0.6) is 0 Å². The van der Waals surface area contributed by atoms with Gasteiger partial charge < -0.3 is 13.6 Å². The summed E-state index contributed by atoms with van der Waals surface area (Å²) in [5.74, 6) is 0. The summed E-state index contributed by atoms with van der Waals surface area (Å²) < 4.78 is 10.6. The summed E-state index contributed by atoms with van der Waals surface area (Å²) in [6.45, 7) is 0. The molecule has 0 atom stereocenters. The summed E-state index contributed by atoms with van der Waals surface area (Å²) in [5.41, 5.74) is 9.98. The van der Waals surface area contributed by atoms with Crippen molar-refractivity contribution in [1.29, 1.82) is 10.5 Å². The van der Waals surface area contributed by atoms with Crippen LogP contribution in [-0.2, 0) is 0 Å². The third kappa shape index (κ3) is 4.11. The molecule has 5 heteroatoms. The summed E-state index contributed by atoms with van der Waals surface area (Å²) in [6, 6.07) is 58.9. The average molecular weight is 675 g/mol. The van der Waals surface area contributed by atoms with Gasteiger partial charge >= 0.3 is 0 Å². The summed E-state index contributed by atoms with van der Waals surface area (Å²) >= 11 is 0. The maximum atomic E-state index is 10.9. The van der Waals surface area contributed by atoms with Gasteiger partial charge in [0, 0.05) is 32.3 Å². The Morgan fingerprint density at radius 2 is 1.04 bits per heavy atom. The van der Waals surface area contributed by atoms with E-state index in [4.69, 9.17) is 4.42 Å². The quantitative estimate of drug-likeness (QED) is 0.187. The van der Waals surface area contributed by atoms with Crippen molar-refractivity contribution < 1.29 is 4.42 Å². The minimum absolute atomic E-state index is 0.468. The summed E-state index contributed by atoms with van der Waals surface area (Å²) in [4.78, 5) is 0. The highest BCUT2D eigenvalue weighted by Crippen LogP contribution is 2.42. The Morgan fingerprint density at radius 1 is 0.396 bits per heavy atom. The molecule has 0 saturated heterocycles. The van der Waals surface area contributed by atoms with Crippen molar-refractivity contribution in [1.82, 2.24) is 9.13 Å². The number of rotatable bonds is 3. The molecular formula is C48H26N4O. The fraction of sp³-hybridized carbons (Fsp3) is 0. The van der Waals surface area contributed by atoms with E-state index >= 15 is 0 Å². The molecule has 0 saturated carbocycles. The van der Waals surface area contributed by atoms with E-state index < -0.39 is 0 Å². The molecule has 0 spiro atoms. The van der Waals surface area contributed by atoms with Crippen molar-refractivity contribution in [3.8, 4) is 34.6 Å². The second-order valence-corrected chi connectivity index (χ2v) is 13.5. The third-order valence-corrected chi connectivity index (χ3v) is 10.8. The Kier molecular flexibility index (Phi) is 6.02. The molecule has 244 valence electrons. The molecule has 8 aromatic carbocycles. The highest BCUT2D eigenvalue weighted by Gasteiger charge is 2.23. The minimum Gasteiger partial charge on any atom is -0.456 e. The average Bonchev–Trinajstić information content (AvgIpc) is 3.86. The Bertz CT molecular complexity index is 3420. The number of para-hydroxylation sites is 2. The monoisotopic (exact) mass is 674 g/mol. The Labute approximate surface area is 303 Å². The number of hydrogen-bond acceptors (Lipinski definition) is 3. The molecular weight excluding hydrogens is 649 g/mol. The van der Waals surface area contributed by atoms with E-state index in [1.165, 1.54) is 0 Å². The van der Waals surface area contributed by atoms with E-state index in [-0.39, 0.29) is 0 Å². The van der Waals surface area contributed by atoms with Crippen LogP contribution in [-0.4, -0.2) is 9.13 Å². The first-order valence-electron chi connectivity index (χ1n) is 17.5. The predicted molar refractivity (Wildman–Crippen MR) is 215 cm³/mol. The van der Waals surface area contributed by atoms with Crippen molar-refractivity contribution >= 4 is 76.3 Å². The molecule has 0 N–H and O–H groups in total. The molecule has 0 bridgehead atoms. The zero-order valence-electron chi connectivity index (χ0n) is 28.2. The van der Waals surface area contributed by atoms with E-state index in [2.05, 4.69) is 130 Å². The first-order valence-corrected chi connectivity index (χ1v) is 17.5. The van der Waals surface area contributed by atoms with Gasteiger partial charge in [0.25, 0.3) is 0 Å². The Hall–Kier alpha value is -7.60. The third-order valence-electron chi connectivity index (χ3n) is 10.8. The number of nitriles is 2. The van der Waals surface area contributed by atoms with E-state index in [0.717, 1.165) is 87.4 Å². The van der Waals surface area contributed by atoms with Crippen LogP contribution < -0.4 is 0 Å². The SMILES string of the molecule is N#Cc1cc(-n2c3ccc(-c4ccccc4)cc3c3c4ccccc4ccc32)c(C#N)cc1-n1c2ccccc2c2cc3oc4ccccc4c3cc21. The smallest absolute Gasteiger partial charge is 0.136 e. The largest absolute Gasteiger partial charge is 0.456 e. The van der Waals surface area contributed by atoms with Gasteiger partial charge in [-0.2, -0.15) is 10.5 Å². The molecule has 0 aliphatic rings. The molecule has 0 amide bonds. The summed E-state index contributed by atoms with van der Waals surface area (Å²) in [5, 5.41) is 30.4. The van der Waals surface area contributed by atoms with Crippen LogP contribution in [0.4, 0.5) is 0 Å². The second-order valence-electron chi connectivity index (χ2n) is 13.5. The van der Waals surface area contributed by atoms with E-state index in [9.17, 15) is 10.5 Å². The molecule has 11 rings (SSSR count). The molecule has 53 heavy (non-hydrogen) atoms. The molecule has 0 unspecified atom stereocenters. The number of fused-ring (bicyclic) bond motifs is 11. The minimum atomic E-state index is 0.468. The van der Waals surface area contributed by atoms with Gasteiger partial charge in [-0.05, 0) is 76.5 Å². The lowest BCUT2D eigenvalue weighted by atomic mass is 10.0. The van der Waals surface area contributed by atoms with Crippen LogP contribution in [0.1, 0.15) is 11.1 Å². The summed E-state index contributed by atoms with van der Waals surface area (Å²) in [7, 11) is 0. The number of nitrogens with zero attached hydrogens (tertiary/aromatic N) is 4. The van der Waals surface area contributed by atoms with Crippen LogP contribution in [0.3, 0.4) is 0 Å². The standard InChI is InChI=1S/C48H26N4O/c49-27-32-24-44(52-40-16-8-6-14-35(40)37-26-47-38(25-45(37)52)36-15-7-9-17-46(36)53-47)33(28-50)23-43(32)51-41-20-19-31(29-10-2-1-3-11-29)22-39(41)48-34-13-5-4-12-30(34)18-21-42(48)51/h1-26H. The first kappa shape index (κ1) is 29.2. The van der Waals surface area contributed by atoms with Crippen LogP contribution in [0.15, 0.2) is 162 Å². The van der Waals surface area contributed by atoms with Crippen molar-refractivity contribution in [3.05, 3.63) is 169 Å². The van der Waals surface area contributed by atoms with Crippen molar-refractivity contribution in [2.45, 2.75) is 0 Å². The molecule has 0 aliphatic carbocycles. The normalized spacial score (nSPS) is 11.7. The zero-order valence-corrected chi connectivity index (χ0v) is 28.2. The van der Waals surface area contributed by atoms with Gasteiger partial charge in [0.05, 0.1) is 44.6 Å². The summed E-state index contributed by atoms with van der Waals surface area (Å²) in [6.07, 6.45) is 0. The second kappa shape index (κ2) is 10.9. The van der Waals surface area contributed by atoms with Gasteiger partial charge in [0.15, 0.2) is 0 Å². The van der Waals surface area contributed by atoms with Crippen molar-refractivity contribution in [3.63, 3.8) is 0 Å². The Balaban J connectivity index is 1.22. The highest BCUT2D eigenvalue weighted by molar-refractivity contribution is 6.22. The Morgan fingerprint density at radius 3 is 1.83 bits per heavy atom. The van der Waals surface area contributed by atoms with Gasteiger partial charge in [-0.3, -0.25) is 0 Å². The van der Waals surface area contributed by atoms with Crippen molar-refractivity contribution in [2.75, 3.05) is 0 Å². The van der Waals surface area contributed by atoms with Gasteiger partial charge in [-0.15, -0.1) is 0 Å². The van der Waals surface area contributed by atoms with Gasteiger partial charge in [-0.25, -0.2) is 0 Å². The fourth-order valence-corrected chi connectivity index (χ4v) is 8.43. The lowest BCUT2D eigenvalue weighted by Crippen LogP contribution is -2.04. The fourth-order valence-electron chi connectivity index (χ4n) is 8.43. The topological polar surface area (TPSA) is 70.6 Å². The van der Waals surface area contributed by atoms with Gasteiger partial charge in [0.1, 0.15) is 23.3 Å². The first-order chi connectivity index (χ1) is 26.2. The van der Waals surface area contributed by atoms with E-state index in [0.29, 0.717) is 22.5 Å². The van der Waals surface area contributed by atoms with Crippen LogP contribution in [0.2, 0.25) is 0 Å². The molecule has 3 aromatic heterocycles. The van der Waals surface area contributed by atoms with Gasteiger partial charge in [-0.1, -0.05) is 103 Å². The van der Waals surface area contributed by atoms with E-state index in [1.807, 2.05) is 48.5 Å². The van der Waals surface area contributed by atoms with Crippen LogP contribution in [0, 0.1) is 22.7 Å². The molecule has 11 aromatic rings. The predicted octanol–water partition coefficient (Wildman–Crippen LogP) is 12.3. The lowest BCUT2D eigenvalue weighted by molar-refractivity contribution is 0.669. The van der Waals surface area contributed by atoms with Crippen LogP contribution in [0.25, 0.3) is 98.8 Å². The number of hydrogen-bond donors (Lipinski definition) is 0. The number of benzene rings is 8. The lowest BCUT2D eigenvalue weighted by Gasteiger charge is -2.16. The number of furan rings is 1. The molecule has 3 heterocycles. The molecule has 0 radical (unpaired) electrons. The van der Waals surface area contributed by atoms with Gasteiger partial charge in [0.2, 0.25) is 0 Å². The van der Waals surface area contributed by atoms with E-state index in [1.54, 1.807) is 0 Å². The number of aromatic nitrogens is 2. The zero-order chi connectivity index (χ0) is 35.2. The highest BCUT2D eigenvalue weighted by atomic mass is 16.3. The maximum absolute atomic E-state index is 10.9.